The van der Waals surface area contributed by atoms with Crippen LogP contribution in [0.2, 0.25) is 5.15 Å². The number of hydrogen-bond acceptors (Lipinski definition) is 9. The second-order valence-corrected chi connectivity index (χ2v) is 7.80. The van der Waals surface area contributed by atoms with Crippen molar-refractivity contribution >= 4 is 40.6 Å². The lowest BCUT2D eigenvalue weighted by Crippen LogP contribution is -2.34. The van der Waals surface area contributed by atoms with E-state index in [0.29, 0.717) is 44.0 Å². The minimum atomic E-state index is -0.514. The van der Waals surface area contributed by atoms with E-state index in [4.69, 9.17) is 27.8 Å². The smallest absolute Gasteiger partial charge is 0.274 e. The van der Waals surface area contributed by atoms with Crippen molar-refractivity contribution in [2.24, 2.45) is 5.73 Å². The Morgan fingerprint density at radius 2 is 2.03 bits per heavy atom. The molecule has 1 aromatic carbocycles. The zero-order valence-corrected chi connectivity index (χ0v) is 20.8. The van der Waals surface area contributed by atoms with Crippen molar-refractivity contribution in [2.75, 3.05) is 55.3 Å². The lowest BCUT2D eigenvalue weighted by atomic mass is 10.2. The van der Waals surface area contributed by atoms with Crippen molar-refractivity contribution in [1.29, 1.82) is 0 Å². The molecule has 1 aromatic heterocycles. The zero-order chi connectivity index (χ0) is 25.8. The normalized spacial score (nSPS) is 10.4. The van der Waals surface area contributed by atoms with Crippen molar-refractivity contribution < 1.29 is 14.3 Å². The number of rotatable bonds is 14. The molecule has 12 heteroatoms. The van der Waals surface area contributed by atoms with E-state index in [1.807, 2.05) is 30.9 Å². The second-order valence-electron chi connectivity index (χ2n) is 7.41. The van der Waals surface area contributed by atoms with E-state index < -0.39 is 5.91 Å². The molecule has 2 amide bonds. The van der Waals surface area contributed by atoms with E-state index in [0.717, 1.165) is 11.4 Å². The first-order valence-corrected chi connectivity index (χ1v) is 11.7. The molecule has 0 atom stereocenters. The van der Waals surface area contributed by atoms with Gasteiger partial charge in [-0.05, 0) is 38.9 Å². The third kappa shape index (κ3) is 8.30. The highest BCUT2D eigenvalue weighted by atomic mass is 35.5. The Balaban J connectivity index is 2.12. The number of nitrogens with zero attached hydrogens (tertiary/aromatic N) is 3. The Morgan fingerprint density at radius 1 is 1.26 bits per heavy atom. The van der Waals surface area contributed by atoms with Crippen LogP contribution in [0.4, 0.5) is 17.2 Å². The molecule has 0 unspecified atom stereocenters. The molecule has 1 heterocycles. The van der Waals surface area contributed by atoms with Gasteiger partial charge < -0.3 is 37.1 Å². The number of aromatic nitrogens is 2. The molecule has 0 saturated carbocycles. The molecule has 0 fully saturated rings. The van der Waals surface area contributed by atoms with Gasteiger partial charge in [0.15, 0.2) is 18.1 Å². The Kier molecular flexibility index (Phi) is 11.0. The fourth-order valence-corrected chi connectivity index (χ4v) is 3.30. The average molecular weight is 505 g/mol. The Bertz CT molecular complexity index is 1030. The summed E-state index contributed by atoms with van der Waals surface area (Å²) in [5, 5.41) is 8.88. The third-order valence-electron chi connectivity index (χ3n) is 4.84. The molecule has 35 heavy (non-hydrogen) atoms. The minimum Gasteiger partial charge on any atom is -0.484 e. The SMILES string of the molecule is C=C(CNC(=O)c1nc(Cl)cnc1N)N(CC)c1cc(OCC(=O)NCCCN)ccc1NCC. The molecular formula is C23H33ClN8O3. The maximum absolute atomic E-state index is 12.5. The number of carbonyl (C=O) groups excluding carboxylic acids is 2. The standard InChI is InChI=1S/C23H33ClN8O3/c1-4-27-17-8-7-16(35-14-20(33)28-10-6-9-25)11-18(17)32(5-2)15(3)12-30-23(34)21-22(26)29-13-19(24)31-21/h7-8,11,13,27H,3-6,9-10,12,14,25H2,1-2H3,(H2,26,29)(H,28,33)(H,30,34). The summed E-state index contributed by atoms with van der Waals surface area (Å²) in [6.45, 7) is 10.4. The van der Waals surface area contributed by atoms with Crippen LogP contribution in [0.25, 0.3) is 0 Å². The van der Waals surface area contributed by atoms with Gasteiger partial charge in [-0.25, -0.2) is 9.97 Å². The van der Waals surface area contributed by atoms with Crippen molar-refractivity contribution in [1.82, 2.24) is 20.6 Å². The third-order valence-corrected chi connectivity index (χ3v) is 5.02. The first-order valence-electron chi connectivity index (χ1n) is 11.3. The number of anilines is 3. The van der Waals surface area contributed by atoms with E-state index in [9.17, 15) is 9.59 Å². The summed E-state index contributed by atoms with van der Waals surface area (Å²) in [5.41, 5.74) is 13.4. The molecule has 0 aliphatic heterocycles. The Hall–Kier alpha value is -3.57. The van der Waals surface area contributed by atoms with Crippen LogP contribution in [-0.4, -0.2) is 61.1 Å². The topological polar surface area (TPSA) is 161 Å². The maximum Gasteiger partial charge on any atom is 0.274 e. The van der Waals surface area contributed by atoms with Gasteiger partial charge in [-0.2, -0.15) is 0 Å². The molecule has 2 rings (SSSR count). The van der Waals surface area contributed by atoms with Gasteiger partial charge in [0.05, 0.1) is 24.1 Å². The molecule has 0 radical (unpaired) electrons. The number of amides is 2. The van der Waals surface area contributed by atoms with Gasteiger partial charge in [-0.1, -0.05) is 18.2 Å². The van der Waals surface area contributed by atoms with E-state index >= 15 is 0 Å². The number of hydrogen-bond donors (Lipinski definition) is 5. The highest BCUT2D eigenvalue weighted by molar-refractivity contribution is 6.29. The summed E-state index contributed by atoms with van der Waals surface area (Å²) in [7, 11) is 0. The minimum absolute atomic E-state index is 0.0174. The van der Waals surface area contributed by atoms with Crippen LogP contribution in [0, 0.1) is 0 Å². The van der Waals surface area contributed by atoms with Gasteiger partial charge in [0.1, 0.15) is 10.9 Å². The highest BCUT2D eigenvalue weighted by Crippen LogP contribution is 2.32. The van der Waals surface area contributed by atoms with Gasteiger partial charge in [0, 0.05) is 31.4 Å². The maximum atomic E-state index is 12.5. The predicted molar refractivity (Wildman–Crippen MR) is 139 cm³/mol. The second kappa shape index (κ2) is 14.0. The molecule has 0 bridgehead atoms. The molecule has 0 saturated heterocycles. The lowest BCUT2D eigenvalue weighted by Gasteiger charge is -2.28. The molecule has 0 aliphatic rings. The summed E-state index contributed by atoms with van der Waals surface area (Å²) in [6.07, 6.45) is 1.97. The quantitative estimate of drug-likeness (QED) is 0.241. The van der Waals surface area contributed by atoms with E-state index in [-0.39, 0.29) is 35.7 Å². The number of likely N-dealkylation sites (N-methyl/N-ethyl adjacent to an activating group) is 1. The summed E-state index contributed by atoms with van der Waals surface area (Å²) < 4.78 is 5.69. The molecule has 7 N–H and O–H groups in total. The molecule has 0 spiro atoms. The summed E-state index contributed by atoms with van der Waals surface area (Å²) in [4.78, 5) is 34.2. The molecular weight excluding hydrogens is 472 g/mol. The van der Waals surface area contributed by atoms with Gasteiger partial charge in [0.2, 0.25) is 0 Å². The molecule has 11 nitrogen and oxygen atoms in total. The molecule has 0 aliphatic carbocycles. The lowest BCUT2D eigenvalue weighted by molar-refractivity contribution is -0.123. The van der Waals surface area contributed by atoms with Gasteiger partial charge in [-0.15, -0.1) is 0 Å². The molecule has 190 valence electrons. The fourth-order valence-electron chi connectivity index (χ4n) is 3.16. The average Bonchev–Trinajstić information content (AvgIpc) is 2.84. The number of halogens is 1. The predicted octanol–water partition coefficient (Wildman–Crippen LogP) is 1.76. The van der Waals surface area contributed by atoms with Crippen molar-refractivity contribution in [2.45, 2.75) is 20.3 Å². The number of nitrogen functional groups attached to an aromatic ring is 1. The van der Waals surface area contributed by atoms with Gasteiger partial charge in [-0.3, -0.25) is 9.59 Å². The largest absolute Gasteiger partial charge is 0.484 e. The van der Waals surface area contributed by atoms with Crippen molar-refractivity contribution in [3.63, 3.8) is 0 Å². The van der Waals surface area contributed by atoms with Crippen molar-refractivity contribution in [3.8, 4) is 5.75 Å². The van der Waals surface area contributed by atoms with E-state index in [2.05, 4.69) is 32.5 Å². The monoisotopic (exact) mass is 504 g/mol. The highest BCUT2D eigenvalue weighted by Gasteiger charge is 2.18. The van der Waals surface area contributed by atoms with Crippen LogP contribution in [0.5, 0.6) is 5.75 Å². The Morgan fingerprint density at radius 3 is 2.71 bits per heavy atom. The molecule has 2 aromatic rings. The summed E-state index contributed by atoms with van der Waals surface area (Å²) in [5.74, 6) is -0.234. The number of ether oxygens (including phenoxy) is 1. The van der Waals surface area contributed by atoms with Crippen molar-refractivity contribution in [3.05, 3.63) is 47.5 Å². The number of carbonyl (C=O) groups is 2. The van der Waals surface area contributed by atoms with Crippen LogP contribution in [0.3, 0.4) is 0 Å². The van der Waals surface area contributed by atoms with Gasteiger partial charge >= 0.3 is 0 Å². The van der Waals surface area contributed by atoms with Crippen LogP contribution in [0.15, 0.2) is 36.7 Å². The summed E-state index contributed by atoms with van der Waals surface area (Å²) in [6, 6.07) is 5.48. The first-order chi connectivity index (χ1) is 16.8. The first kappa shape index (κ1) is 27.7. The van der Waals surface area contributed by atoms with Crippen LogP contribution >= 0.6 is 11.6 Å². The zero-order valence-electron chi connectivity index (χ0n) is 20.1. The van der Waals surface area contributed by atoms with Crippen LogP contribution < -0.4 is 37.1 Å². The van der Waals surface area contributed by atoms with Crippen LogP contribution in [-0.2, 0) is 4.79 Å². The Labute approximate surface area is 210 Å². The number of benzene rings is 1. The summed E-state index contributed by atoms with van der Waals surface area (Å²) >= 11 is 5.83. The number of nitrogens with one attached hydrogen (secondary N) is 3. The van der Waals surface area contributed by atoms with E-state index in [1.165, 1.54) is 6.20 Å². The fraction of sp³-hybridized carbons (Fsp3) is 0.391. The van der Waals surface area contributed by atoms with Gasteiger partial charge in [0.25, 0.3) is 11.8 Å². The number of nitrogens with two attached hydrogens (primary N) is 2. The van der Waals surface area contributed by atoms with E-state index in [1.54, 1.807) is 6.07 Å². The van der Waals surface area contributed by atoms with Crippen LogP contribution in [0.1, 0.15) is 30.8 Å².